The van der Waals surface area contributed by atoms with E-state index in [0.29, 0.717) is 6.61 Å². The third kappa shape index (κ3) is 2.78. The number of rotatable bonds is 3. The van der Waals surface area contributed by atoms with E-state index >= 15 is 0 Å². The van der Waals surface area contributed by atoms with Crippen LogP contribution in [-0.2, 0) is 0 Å². The molecule has 1 aliphatic carbocycles. The molecule has 1 saturated carbocycles. The highest BCUT2D eigenvalue weighted by Gasteiger charge is 2.34. The molecule has 0 spiro atoms. The third-order valence-electron chi connectivity index (χ3n) is 4.73. The number of piperidine rings is 1. The van der Waals surface area contributed by atoms with Gasteiger partial charge < -0.3 is 10.0 Å². The Balaban J connectivity index is 1.93. The summed E-state index contributed by atoms with van der Waals surface area (Å²) in [6.07, 6.45) is 10.6. The van der Waals surface area contributed by atoms with Crippen LogP contribution in [0.3, 0.4) is 0 Å². The molecule has 2 aliphatic rings. The van der Waals surface area contributed by atoms with Crippen LogP contribution in [-0.4, -0.2) is 35.7 Å². The zero-order valence-corrected chi connectivity index (χ0v) is 10.7. The van der Waals surface area contributed by atoms with Gasteiger partial charge in [0.1, 0.15) is 0 Å². The summed E-state index contributed by atoms with van der Waals surface area (Å²) in [5, 5.41) is 9.73. The third-order valence-corrected chi connectivity index (χ3v) is 4.73. The predicted molar refractivity (Wildman–Crippen MR) is 67.5 cm³/mol. The van der Waals surface area contributed by atoms with Crippen LogP contribution in [0.4, 0.5) is 0 Å². The summed E-state index contributed by atoms with van der Waals surface area (Å²) in [6, 6.07) is 0.735. The largest absolute Gasteiger partial charge is 0.396 e. The molecule has 1 saturated heterocycles. The van der Waals surface area contributed by atoms with Gasteiger partial charge in [-0.3, -0.25) is 0 Å². The Hall–Kier alpha value is -0.0800. The van der Waals surface area contributed by atoms with E-state index in [1.165, 1.54) is 57.9 Å². The summed E-state index contributed by atoms with van der Waals surface area (Å²) in [7, 11) is 0. The van der Waals surface area contributed by atoms with Gasteiger partial charge in [-0.1, -0.05) is 25.7 Å². The molecule has 1 aliphatic heterocycles. The summed E-state index contributed by atoms with van der Waals surface area (Å²) >= 11 is 0. The number of nitrogens with zero attached hydrogens (tertiary/aromatic N) is 1. The maximum atomic E-state index is 9.73. The van der Waals surface area contributed by atoms with E-state index in [9.17, 15) is 5.11 Å². The average Bonchev–Trinajstić information content (AvgIpc) is 2.33. The lowest BCUT2D eigenvalue weighted by molar-refractivity contribution is 0.0177. The Bertz CT molecular complexity index is 211. The zero-order chi connectivity index (χ0) is 11.4. The molecule has 0 amide bonds. The molecule has 2 heteroatoms. The molecule has 2 rings (SSSR count). The second-order valence-electron chi connectivity index (χ2n) is 6.03. The van der Waals surface area contributed by atoms with E-state index in [0.717, 1.165) is 12.6 Å². The molecule has 0 aromatic rings. The monoisotopic (exact) mass is 225 g/mol. The number of aliphatic hydroxyl groups is 1. The van der Waals surface area contributed by atoms with Gasteiger partial charge in [0.2, 0.25) is 0 Å². The molecule has 2 fully saturated rings. The Morgan fingerprint density at radius 2 is 1.88 bits per heavy atom. The maximum Gasteiger partial charge on any atom is 0.0499 e. The van der Waals surface area contributed by atoms with Gasteiger partial charge in [-0.2, -0.15) is 0 Å². The molecule has 94 valence electrons. The maximum absolute atomic E-state index is 9.73. The van der Waals surface area contributed by atoms with Crippen LogP contribution in [0.1, 0.15) is 58.3 Å². The standard InChI is InChI=1S/C14H27NO/c1-13-7-3-6-10-15(13)11-14(12-16)8-4-2-5-9-14/h13,16H,2-12H2,1H3. The molecule has 0 aromatic carbocycles. The molecule has 1 atom stereocenters. The van der Waals surface area contributed by atoms with Gasteiger partial charge in [-0.25, -0.2) is 0 Å². The van der Waals surface area contributed by atoms with Crippen molar-refractivity contribution >= 4 is 0 Å². The lowest BCUT2D eigenvalue weighted by atomic mass is 9.74. The SMILES string of the molecule is CC1CCCCN1CC1(CO)CCCCC1. The Morgan fingerprint density at radius 1 is 1.12 bits per heavy atom. The van der Waals surface area contributed by atoms with E-state index in [1.54, 1.807) is 0 Å². The van der Waals surface area contributed by atoms with Crippen LogP contribution < -0.4 is 0 Å². The van der Waals surface area contributed by atoms with Crippen molar-refractivity contribution in [3.05, 3.63) is 0 Å². The molecule has 2 nitrogen and oxygen atoms in total. The number of likely N-dealkylation sites (tertiary alicyclic amines) is 1. The fourth-order valence-electron chi connectivity index (χ4n) is 3.49. The Kier molecular flexibility index (Phi) is 4.26. The molecule has 0 aromatic heterocycles. The van der Waals surface area contributed by atoms with Crippen molar-refractivity contribution < 1.29 is 5.11 Å². The summed E-state index contributed by atoms with van der Waals surface area (Å²) in [4.78, 5) is 2.63. The van der Waals surface area contributed by atoms with Crippen molar-refractivity contribution in [2.24, 2.45) is 5.41 Å². The fourth-order valence-corrected chi connectivity index (χ4v) is 3.49. The average molecular weight is 225 g/mol. The Labute approximate surface area is 100 Å². The summed E-state index contributed by atoms with van der Waals surface area (Å²) in [5.74, 6) is 0. The summed E-state index contributed by atoms with van der Waals surface area (Å²) in [5.41, 5.74) is 0.240. The van der Waals surface area contributed by atoms with Gasteiger partial charge in [-0.15, -0.1) is 0 Å². The molecule has 1 unspecified atom stereocenters. The quantitative estimate of drug-likeness (QED) is 0.798. The van der Waals surface area contributed by atoms with E-state index in [-0.39, 0.29) is 5.41 Å². The highest BCUT2D eigenvalue weighted by molar-refractivity contribution is 4.87. The molecular formula is C14H27NO. The van der Waals surface area contributed by atoms with Crippen LogP contribution in [0.15, 0.2) is 0 Å². The zero-order valence-electron chi connectivity index (χ0n) is 10.7. The van der Waals surface area contributed by atoms with E-state index < -0.39 is 0 Å². The van der Waals surface area contributed by atoms with Crippen molar-refractivity contribution in [3.63, 3.8) is 0 Å². The molecule has 1 N–H and O–H groups in total. The van der Waals surface area contributed by atoms with Crippen LogP contribution >= 0.6 is 0 Å². The topological polar surface area (TPSA) is 23.5 Å². The first-order valence-electron chi connectivity index (χ1n) is 7.11. The lowest BCUT2D eigenvalue weighted by Gasteiger charge is -2.43. The summed E-state index contributed by atoms with van der Waals surface area (Å²) in [6.45, 7) is 5.15. The van der Waals surface area contributed by atoms with Gasteiger partial charge in [0.05, 0.1) is 0 Å². The van der Waals surface area contributed by atoms with Crippen LogP contribution in [0.5, 0.6) is 0 Å². The molecule has 16 heavy (non-hydrogen) atoms. The highest BCUT2D eigenvalue weighted by atomic mass is 16.3. The predicted octanol–water partition coefficient (Wildman–Crippen LogP) is 2.80. The highest BCUT2D eigenvalue weighted by Crippen LogP contribution is 2.37. The van der Waals surface area contributed by atoms with E-state index in [2.05, 4.69) is 11.8 Å². The van der Waals surface area contributed by atoms with Crippen molar-refractivity contribution in [1.82, 2.24) is 4.90 Å². The van der Waals surface area contributed by atoms with Gasteiger partial charge in [0, 0.05) is 24.6 Å². The Morgan fingerprint density at radius 3 is 2.50 bits per heavy atom. The van der Waals surface area contributed by atoms with E-state index in [1.807, 2.05) is 0 Å². The van der Waals surface area contributed by atoms with Crippen molar-refractivity contribution in [2.75, 3.05) is 19.7 Å². The van der Waals surface area contributed by atoms with Gasteiger partial charge in [-0.05, 0) is 39.2 Å². The fraction of sp³-hybridized carbons (Fsp3) is 1.00. The second-order valence-corrected chi connectivity index (χ2v) is 6.03. The van der Waals surface area contributed by atoms with Crippen molar-refractivity contribution in [3.8, 4) is 0 Å². The lowest BCUT2D eigenvalue weighted by Crippen LogP contribution is -2.47. The van der Waals surface area contributed by atoms with Crippen LogP contribution in [0.2, 0.25) is 0 Å². The van der Waals surface area contributed by atoms with Gasteiger partial charge >= 0.3 is 0 Å². The van der Waals surface area contributed by atoms with Gasteiger partial charge in [0.15, 0.2) is 0 Å². The number of hydrogen-bond acceptors (Lipinski definition) is 2. The summed E-state index contributed by atoms with van der Waals surface area (Å²) < 4.78 is 0. The molecule has 1 heterocycles. The minimum Gasteiger partial charge on any atom is -0.396 e. The second kappa shape index (κ2) is 5.50. The minimum atomic E-state index is 0.240. The minimum absolute atomic E-state index is 0.240. The van der Waals surface area contributed by atoms with Crippen LogP contribution in [0.25, 0.3) is 0 Å². The van der Waals surface area contributed by atoms with Crippen molar-refractivity contribution in [2.45, 2.75) is 64.3 Å². The van der Waals surface area contributed by atoms with Gasteiger partial charge in [0.25, 0.3) is 0 Å². The van der Waals surface area contributed by atoms with Crippen molar-refractivity contribution in [1.29, 1.82) is 0 Å². The first kappa shape index (κ1) is 12.4. The van der Waals surface area contributed by atoms with E-state index in [4.69, 9.17) is 0 Å². The van der Waals surface area contributed by atoms with Crippen LogP contribution in [0, 0.1) is 5.41 Å². The molecule has 0 radical (unpaired) electrons. The normalized spacial score (nSPS) is 31.5. The first-order valence-corrected chi connectivity index (χ1v) is 7.11. The number of aliphatic hydroxyl groups excluding tert-OH is 1. The molecule has 0 bridgehead atoms. The molecular weight excluding hydrogens is 198 g/mol. The first-order chi connectivity index (χ1) is 7.76. The number of hydrogen-bond donors (Lipinski definition) is 1. The smallest absolute Gasteiger partial charge is 0.0499 e.